The SMILES string of the molecule is C[C@H](NC(=O)Cc1cccc(Cl)c1)c1ccc(F)cc1. The molecule has 0 aliphatic heterocycles. The summed E-state index contributed by atoms with van der Waals surface area (Å²) in [5.74, 6) is -0.379. The Kier molecular flexibility index (Phi) is 4.74. The molecule has 0 saturated carbocycles. The molecular formula is C16H15ClFNO. The zero-order chi connectivity index (χ0) is 14.5. The standard InChI is InChI=1S/C16H15ClFNO/c1-11(13-5-7-15(18)8-6-13)19-16(20)10-12-3-2-4-14(17)9-12/h2-9,11H,10H2,1H3,(H,19,20)/t11-/m0/s1. The molecule has 4 heteroatoms. The molecule has 0 aliphatic carbocycles. The Morgan fingerprint density at radius 3 is 2.60 bits per heavy atom. The Hall–Kier alpha value is -1.87. The fraction of sp³-hybridized carbons (Fsp3) is 0.188. The molecule has 2 rings (SSSR count). The van der Waals surface area contributed by atoms with E-state index in [0.29, 0.717) is 5.02 Å². The molecule has 0 aliphatic rings. The van der Waals surface area contributed by atoms with E-state index < -0.39 is 0 Å². The van der Waals surface area contributed by atoms with Crippen LogP contribution in [-0.2, 0) is 11.2 Å². The van der Waals surface area contributed by atoms with Crippen molar-refractivity contribution in [3.05, 3.63) is 70.5 Å². The topological polar surface area (TPSA) is 29.1 Å². The molecule has 0 spiro atoms. The molecular weight excluding hydrogens is 277 g/mol. The van der Waals surface area contributed by atoms with Gasteiger partial charge in [-0.15, -0.1) is 0 Å². The summed E-state index contributed by atoms with van der Waals surface area (Å²) in [4.78, 5) is 11.9. The monoisotopic (exact) mass is 291 g/mol. The summed E-state index contributed by atoms with van der Waals surface area (Å²) in [5, 5.41) is 3.49. The highest BCUT2D eigenvalue weighted by Gasteiger charge is 2.10. The van der Waals surface area contributed by atoms with Gasteiger partial charge in [0.25, 0.3) is 0 Å². The number of halogens is 2. The number of rotatable bonds is 4. The molecule has 0 saturated heterocycles. The molecule has 0 bridgehead atoms. The van der Waals surface area contributed by atoms with Crippen molar-refractivity contribution in [2.75, 3.05) is 0 Å². The third-order valence-electron chi connectivity index (χ3n) is 3.00. The molecule has 0 fully saturated rings. The molecule has 1 atom stereocenters. The number of hydrogen-bond acceptors (Lipinski definition) is 1. The van der Waals surface area contributed by atoms with Crippen molar-refractivity contribution >= 4 is 17.5 Å². The number of amides is 1. The minimum Gasteiger partial charge on any atom is -0.349 e. The van der Waals surface area contributed by atoms with E-state index in [2.05, 4.69) is 5.32 Å². The summed E-state index contributed by atoms with van der Waals surface area (Å²) in [6.07, 6.45) is 0.270. The number of carbonyl (C=O) groups excluding carboxylic acids is 1. The van der Waals surface area contributed by atoms with Gasteiger partial charge in [0, 0.05) is 5.02 Å². The number of hydrogen-bond donors (Lipinski definition) is 1. The van der Waals surface area contributed by atoms with Crippen LogP contribution in [0, 0.1) is 5.82 Å². The maximum Gasteiger partial charge on any atom is 0.224 e. The summed E-state index contributed by atoms with van der Waals surface area (Å²) in [5.41, 5.74) is 1.73. The van der Waals surface area contributed by atoms with Crippen LogP contribution in [-0.4, -0.2) is 5.91 Å². The fourth-order valence-corrected chi connectivity index (χ4v) is 2.17. The third kappa shape index (κ3) is 4.07. The van der Waals surface area contributed by atoms with Gasteiger partial charge in [-0.05, 0) is 42.3 Å². The van der Waals surface area contributed by atoms with Crippen LogP contribution in [0.2, 0.25) is 5.02 Å². The largest absolute Gasteiger partial charge is 0.349 e. The summed E-state index contributed by atoms with van der Waals surface area (Å²) in [6, 6.07) is 13.1. The Morgan fingerprint density at radius 1 is 1.25 bits per heavy atom. The predicted octanol–water partition coefficient (Wildman–Crippen LogP) is 3.90. The first-order valence-electron chi connectivity index (χ1n) is 6.34. The smallest absolute Gasteiger partial charge is 0.224 e. The molecule has 104 valence electrons. The second-order valence-electron chi connectivity index (χ2n) is 4.65. The molecule has 0 aromatic heterocycles. The Bertz CT molecular complexity index is 598. The lowest BCUT2D eigenvalue weighted by molar-refractivity contribution is -0.121. The highest BCUT2D eigenvalue weighted by molar-refractivity contribution is 6.30. The van der Waals surface area contributed by atoms with Crippen LogP contribution in [0.15, 0.2) is 48.5 Å². The van der Waals surface area contributed by atoms with Crippen LogP contribution in [0.3, 0.4) is 0 Å². The van der Waals surface area contributed by atoms with Gasteiger partial charge in [-0.2, -0.15) is 0 Å². The minimum atomic E-state index is -0.286. The molecule has 0 heterocycles. The van der Waals surface area contributed by atoms with E-state index in [0.717, 1.165) is 11.1 Å². The first kappa shape index (κ1) is 14.5. The maximum absolute atomic E-state index is 12.8. The second kappa shape index (κ2) is 6.53. The van der Waals surface area contributed by atoms with E-state index in [9.17, 15) is 9.18 Å². The van der Waals surface area contributed by atoms with E-state index in [-0.39, 0.29) is 24.2 Å². The van der Waals surface area contributed by atoms with Crippen molar-refractivity contribution in [2.45, 2.75) is 19.4 Å². The van der Waals surface area contributed by atoms with Gasteiger partial charge >= 0.3 is 0 Å². The first-order chi connectivity index (χ1) is 9.54. The summed E-state index contributed by atoms with van der Waals surface area (Å²) in [7, 11) is 0. The highest BCUT2D eigenvalue weighted by atomic mass is 35.5. The predicted molar refractivity (Wildman–Crippen MR) is 78.1 cm³/mol. The summed E-state index contributed by atoms with van der Waals surface area (Å²) < 4.78 is 12.8. The molecule has 2 aromatic rings. The average molecular weight is 292 g/mol. The van der Waals surface area contributed by atoms with Gasteiger partial charge in [0.15, 0.2) is 0 Å². The Labute approximate surface area is 122 Å². The molecule has 2 aromatic carbocycles. The van der Waals surface area contributed by atoms with E-state index in [1.807, 2.05) is 19.1 Å². The van der Waals surface area contributed by atoms with Crippen molar-refractivity contribution in [3.63, 3.8) is 0 Å². The van der Waals surface area contributed by atoms with E-state index in [4.69, 9.17) is 11.6 Å². The summed E-state index contributed by atoms with van der Waals surface area (Å²) >= 11 is 5.88. The lowest BCUT2D eigenvalue weighted by Crippen LogP contribution is -2.28. The lowest BCUT2D eigenvalue weighted by atomic mass is 10.1. The molecule has 0 radical (unpaired) electrons. The molecule has 20 heavy (non-hydrogen) atoms. The van der Waals surface area contributed by atoms with Crippen LogP contribution < -0.4 is 5.32 Å². The molecule has 1 amide bonds. The molecule has 0 unspecified atom stereocenters. The maximum atomic E-state index is 12.8. The quantitative estimate of drug-likeness (QED) is 0.909. The van der Waals surface area contributed by atoms with Gasteiger partial charge in [0.1, 0.15) is 5.82 Å². The normalized spacial score (nSPS) is 11.9. The average Bonchev–Trinajstić information content (AvgIpc) is 2.39. The van der Waals surface area contributed by atoms with E-state index >= 15 is 0 Å². The number of nitrogens with one attached hydrogen (secondary N) is 1. The molecule has 2 nitrogen and oxygen atoms in total. The Morgan fingerprint density at radius 2 is 1.95 bits per heavy atom. The van der Waals surface area contributed by atoms with Crippen LogP contribution in [0.25, 0.3) is 0 Å². The first-order valence-corrected chi connectivity index (χ1v) is 6.71. The van der Waals surface area contributed by atoms with Crippen LogP contribution in [0.4, 0.5) is 4.39 Å². The second-order valence-corrected chi connectivity index (χ2v) is 5.08. The van der Waals surface area contributed by atoms with Gasteiger partial charge in [-0.1, -0.05) is 35.9 Å². The minimum absolute atomic E-state index is 0.0934. The zero-order valence-electron chi connectivity index (χ0n) is 11.1. The Balaban J connectivity index is 1.95. The van der Waals surface area contributed by atoms with Crippen LogP contribution in [0.5, 0.6) is 0 Å². The number of benzene rings is 2. The third-order valence-corrected chi connectivity index (χ3v) is 3.24. The van der Waals surface area contributed by atoms with Crippen molar-refractivity contribution in [3.8, 4) is 0 Å². The fourth-order valence-electron chi connectivity index (χ4n) is 1.96. The molecule has 1 N–H and O–H groups in total. The van der Waals surface area contributed by atoms with Crippen molar-refractivity contribution in [2.24, 2.45) is 0 Å². The summed E-state index contributed by atoms with van der Waals surface area (Å²) in [6.45, 7) is 1.86. The van der Waals surface area contributed by atoms with Crippen molar-refractivity contribution < 1.29 is 9.18 Å². The van der Waals surface area contributed by atoms with Gasteiger partial charge in [-0.25, -0.2) is 4.39 Å². The van der Waals surface area contributed by atoms with Crippen molar-refractivity contribution in [1.29, 1.82) is 0 Å². The van der Waals surface area contributed by atoms with Gasteiger partial charge < -0.3 is 5.32 Å². The van der Waals surface area contributed by atoms with Gasteiger partial charge in [0.05, 0.1) is 12.5 Å². The van der Waals surface area contributed by atoms with Gasteiger partial charge in [-0.3, -0.25) is 4.79 Å². The number of carbonyl (C=O) groups is 1. The van der Waals surface area contributed by atoms with E-state index in [1.54, 1.807) is 24.3 Å². The van der Waals surface area contributed by atoms with Crippen molar-refractivity contribution in [1.82, 2.24) is 5.32 Å². The van der Waals surface area contributed by atoms with Crippen LogP contribution >= 0.6 is 11.6 Å². The zero-order valence-corrected chi connectivity index (χ0v) is 11.8. The van der Waals surface area contributed by atoms with E-state index in [1.165, 1.54) is 12.1 Å². The lowest BCUT2D eigenvalue weighted by Gasteiger charge is -2.14. The highest BCUT2D eigenvalue weighted by Crippen LogP contribution is 2.14. The van der Waals surface area contributed by atoms with Crippen LogP contribution in [0.1, 0.15) is 24.1 Å². The van der Waals surface area contributed by atoms with Gasteiger partial charge in [0.2, 0.25) is 5.91 Å².